The van der Waals surface area contributed by atoms with E-state index in [1.54, 1.807) is 30.4 Å². The van der Waals surface area contributed by atoms with Gasteiger partial charge in [-0.2, -0.15) is 0 Å². The number of pyridine rings is 1. The molecule has 0 bridgehead atoms. The van der Waals surface area contributed by atoms with Crippen LogP contribution in [0.25, 0.3) is 10.6 Å². The lowest BCUT2D eigenvalue weighted by Crippen LogP contribution is -2.26. The van der Waals surface area contributed by atoms with E-state index in [9.17, 15) is 9.59 Å². The fourth-order valence-electron chi connectivity index (χ4n) is 2.68. The van der Waals surface area contributed by atoms with Crippen molar-refractivity contribution in [3.8, 4) is 10.6 Å². The van der Waals surface area contributed by atoms with E-state index in [0.29, 0.717) is 23.5 Å². The van der Waals surface area contributed by atoms with E-state index in [1.165, 1.54) is 17.4 Å². The SMILES string of the molecule is CCC1=C(C(=O)Nc2sc(-c3cccnc3)nc2C)C=CC(=O)N(C)C1. The Morgan fingerprint density at radius 3 is 2.88 bits per heavy atom. The van der Waals surface area contributed by atoms with Gasteiger partial charge in [0.15, 0.2) is 0 Å². The number of likely N-dealkylation sites (N-methyl/N-ethyl adjacent to an activating group) is 1. The van der Waals surface area contributed by atoms with Crippen molar-refractivity contribution in [2.24, 2.45) is 0 Å². The molecule has 1 N–H and O–H groups in total. The summed E-state index contributed by atoms with van der Waals surface area (Å²) >= 11 is 1.41. The zero-order valence-electron chi connectivity index (χ0n) is 14.9. The summed E-state index contributed by atoms with van der Waals surface area (Å²) in [6.07, 6.45) is 7.21. The first-order chi connectivity index (χ1) is 12.5. The summed E-state index contributed by atoms with van der Waals surface area (Å²) in [6.45, 7) is 4.30. The van der Waals surface area contributed by atoms with Crippen LogP contribution in [0.4, 0.5) is 5.00 Å². The maximum Gasteiger partial charge on any atom is 0.256 e. The normalized spacial score (nSPS) is 14.6. The molecule has 0 atom stereocenters. The molecule has 1 aliphatic rings. The lowest BCUT2D eigenvalue weighted by atomic mass is 10.0. The second-order valence-corrected chi connectivity index (χ2v) is 7.03. The van der Waals surface area contributed by atoms with Crippen molar-refractivity contribution < 1.29 is 9.59 Å². The van der Waals surface area contributed by atoms with Crippen molar-refractivity contribution in [3.63, 3.8) is 0 Å². The molecule has 0 spiro atoms. The summed E-state index contributed by atoms with van der Waals surface area (Å²) in [6, 6.07) is 3.79. The number of rotatable bonds is 4. The Kier molecular flexibility index (Phi) is 5.27. The highest BCUT2D eigenvalue weighted by Crippen LogP contribution is 2.32. The van der Waals surface area contributed by atoms with Crippen LogP contribution >= 0.6 is 11.3 Å². The van der Waals surface area contributed by atoms with Crippen LogP contribution in [0.1, 0.15) is 19.0 Å². The van der Waals surface area contributed by atoms with Gasteiger partial charge in [-0.25, -0.2) is 4.98 Å². The predicted octanol–water partition coefficient (Wildman–Crippen LogP) is 3.19. The molecule has 2 aromatic rings. The van der Waals surface area contributed by atoms with Crippen molar-refractivity contribution in [2.75, 3.05) is 18.9 Å². The first kappa shape index (κ1) is 18.0. The summed E-state index contributed by atoms with van der Waals surface area (Å²) in [5, 5.41) is 4.46. The number of nitrogens with one attached hydrogen (secondary N) is 1. The monoisotopic (exact) mass is 368 g/mol. The van der Waals surface area contributed by atoms with E-state index in [1.807, 2.05) is 26.0 Å². The number of anilines is 1. The van der Waals surface area contributed by atoms with Gasteiger partial charge in [0.1, 0.15) is 10.0 Å². The molecule has 134 valence electrons. The summed E-state index contributed by atoms with van der Waals surface area (Å²) < 4.78 is 0. The Morgan fingerprint density at radius 1 is 1.38 bits per heavy atom. The minimum atomic E-state index is -0.217. The van der Waals surface area contributed by atoms with Crippen LogP contribution in [0.5, 0.6) is 0 Å². The number of hydrogen-bond acceptors (Lipinski definition) is 5. The molecule has 3 rings (SSSR count). The highest BCUT2D eigenvalue weighted by Gasteiger charge is 2.20. The van der Waals surface area contributed by atoms with Crippen LogP contribution in [0.2, 0.25) is 0 Å². The molecule has 0 radical (unpaired) electrons. The molecule has 7 heteroatoms. The zero-order chi connectivity index (χ0) is 18.7. The largest absolute Gasteiger partial charge is 0.338 e. The van der Waals surface area contributed by atoms with Crippen LogP contribution in [-0.2, 0) is 9.59 Å². The molecule has 26 heavy (non-hydrogen) atoms. The van der Waals surface area contributed by atoms with Gasteiger partial charge >= 0.3 is 0 Å². The van der Waals surface area contributed by atoms with Gasteiger partial charge in [0, 0.05) is 43.2 Å². The maximum absolute atomic E-state index is 12.8. The number of aryl methyl sites for hydroxylation is 1. The summed E-state index contributed by atoms with van der Waals surface area (Å²) in [4.78, 5) is 34.9. The van der Waals surface area contributed by atoms with Crippen molar-refractivity contribution in [2.45, 2.75) is 20.3 Å². The fraction of sp³-hybridized carbons (Fsp3) is 0.263. The lowest BCUT2D eigenvalue weighted by molar-refractivity contribution is -0.124. The van der Waals surface area contributed by atoms with E-state index < -0.39 is 0 Å². The molecule has 0 aliphatic carbocycles. The number of amides is 2. The lowest BCUT2D eigenvalue weighted by Gasteiger charge is -2.16. The molecule has 0 saturated heterocycles. The number of thiazole rings is 1. The third kappa shape index (κ3) is 3.72. The standard InChI is InChI=1S/C19H20N4O2S/c1-4-13-11-23(3)16(24)8-7-15(13)17(25)22-18-12(2)21-19(26-18)14-6-5-9-20-10-14/h5-10H,4,11H2,1-3H3,(H,22,25). The average Bonchev–Trinajstić information content (AvgIpc) is 2.93. The van der Waals surface area contributed by atoms with Crippen LogP contribution < -0.4 is 5.32 Å². The average molecular weight is 368 g/mol. The molecule has 2 amide bonds. The summed E-state index contributed by atoms with van der Waals surface area (Å²) in [5.41, 5.74) is 3.14. The van der Waals surface area contributed by atoms with E-state index in [-0.39, 0.29) is 11.8 Å². The smallest absolute Gasteiger partial charge is 0.256 e. The van der Waals surface area contributed by atoms with Gasteiger partial charge in [-0.3, -0.25) is 14.6 Å². The summed E-state index contributed by atoms with van der Waals surface area (Å²) in [5.74, 6) is -0.322. The Morgan fingerprint density at radius 2 is 2.19 bits per heavy atom. The third-order valence-corrected chi connectivity index (χ3v) is 5.30. The van der Waals surface area contributed by atoms with Gasteiger partial charge in [0.25, 0.3) is 5.91 Å². The van der Waals surface area contributed by atoms with Crippen molar-refractivity contribution in [1.82, 2.24) is 14.9 Å². The highest BCUT2D eigenvalue weighted by molar-refractivity contribution is 7.19. The van der Waals surface area contributed by atoms with Gasteiger partial charge in [0.2, 0.25) is 5.91 Å². The zero-order valence-corrected chi connectivity index (χ0v) is 15.8. The molecule has 6 nitrogen and oxygen atoms in total. The van der Waals surface area contributed by atoms with Gasteiger partial charge in [-0.1, -0.05) is 18.3 Å². The molecular formula is C19H20N4O2S. The second-order valence-electron chi connectivity index (χ2n) is 6.03. The molecule has 0 saturated carbocycles. The Balaban J connectivity index is 1.87. The predicted molar refractivity (Wildman–Crippen MR) is 103 cm³/mol. The van der Waals surface area contributed by atoms with Gasteiger partial charge in [0.05, 0.1) is 5.69 Å². The van der Waals surface area contributed by atoms with E-state index in [2.05, 4.69) is 15.3 Å². The quantitative estimate of drug-likeness (QED) is 0.899. The van der Waals surface area contributed by atoms with Crippen molar-refractivity contribution in [1.29, 1.82) is 0 Å². The van der Waals surface area contributed by atoms with Crippen LogP contribution in [0.15, 0.2) is 47.8 Å². The van der Waals surface area contributed by atoms with E-state index in [0.717, 1.165) is 21.8 Å². The van der Waals surface area contributed by atoms with Crippen molar-refractivity contribution in [3.05, 3.63) is 53.5 Å². The third-order valence-electron chi connectivity index (χ3n) is 4.18. The first-order valence-corrected chi connectivity index (χ1v) is 9.15. The summed E-state index contributed by atoms with van der Waals surface area (Å²) in [7, 11) is 1.73. The Bertz CT molecular complexity index is 900. The number of nitrogens with zero attached hydrogens (tertiary/aromatic N) is 3. The van der Waals surface area contributed by atoms with E-state index >= 15 is 0 Å². The van der Waals surface area contributed by atoms with Crippen molar-refractivity contribution >= 4 is 28.2 Å². The second kappa shape index (κ2) is 7.61. The Labute approximate surface area is 156 Å². The number of aromatic nitrogens is 2. The molecule has 0 aromatic carbocycles. The number of hydrogen-bond donors (Lipinski definition) is 1. The molecule has 2 aromatic heterocycles. The minimum Gasteiger partial charge on any atom is -0.338 e. The van der Waals surface area contributed by atoms with Crippen LogP contribution in [-0.4, -0.2) is 40.3 Å². The van der Waals surface area contributed by atoms with E-state index in [4.69, 9.17) is 0 Å². The van der Waals surface area contributed by atoms with Crippen LogP contribution in [0, 0.1) is 6.92 Å². The maximum atomic E-state index is 12.8. The molecule has 1 aliphatic heterocycles. The first-order valence-electron chi connectivity index (χ1n) is 8.34. The number of carbonyl (C=O) groups excluding carboxylic acids is 2. The topological polar surface area (TPSA) is 75.2 Å². The fourth-order valence-corrected chi connectivity index (χ4v) is 3.63. The van der Waals surface area contributed by atoms with Gasteiger partial charge in [-0.15, -0.1) is 0 Å². The van der Waals surface area contributed by atoms with Crippen LogP contribution in [0.3, 0.4) is 0 Å². The Hall–Kier alpha value is -2.80. The van der Waals surface area contributed by atoms with Gasteiger partial charge in [-0.05, 0) is 37.1 Å². The molecule has 0 unspecified atom stereocenters. The van der Waals surface area contributed by atoms with Gasteiger partial charge < -0.3 is 10.2 Å². The highest BCUT2D eigenvalue weighted by atomic mass is 32.1. The number of carbonyl (C=O) groups is 2. The molecule has 3 heterocycles. The minimum absolute atomic E-state index is 0.105. The molecule has 0 fully saturated rings. The molecular weight excluding hydrogens is 348 g/mol.